The summed E-state index contributed by atoms with van der Waals surface area (Å²) in [4.78, 5) is 17.2. The minimum atomic E-state index is -0.577. The highest BCUT2D eigenvalue weighted by Gasteiger charge is 2.28. The van der Waals surface area contributed by atoms with E-state index in [0.29, 0.717) is 0 Å². The van der Waals surface area contributed by atoms with Crippen LogP contribution in [0.2, 0.25) is 0 Å². The third-order valence-electron chi connectivity index (χ3n) is 4.67. The average molecular weight is 327 g/mol. The number of hydrogen-bond donors (Lipinski definition) is 0. The smallest absolute Gasteiger partial charge is 0.365 e. The topological polar surface area (TPSA) is 51.8 Å². The molecule has 5 heteroatoms. The van der Waals surface area contributed by atoms with E-state index >= 15 is 0 Å². The minimum absolute atomic E-state index is 0.283. The van der Waals surface area contributed by atoms with E-state index in [0.717, 1.165) is 67.7 Å². The van der Waals surface area contributed by atoms with Gasteiger partial charge >= 0.3 is 5.97 Å². The van der Waals surface area contributed by atoms with Crippen molar-refractivity contribution < 1.29 is 18.4 Å². The van der Waals surface area contributed by atoms with E-state index in [1.807, 2.05) is 0 Å². The van der Waals surface area contributed by atoms with Gasteiger partial charge in [0.25, 0.3) is 0 Å². The standard InChI is InChI=1S/C19H18FNO3/c20-13-10-8-12(9-11-13)19(22)24-21-15-5-3-7-17-18(15)14-4-1-2-6-16(14)23-17/h8-11H,1-7H2/b21-15-. The number of halogens is 1. The maximum absolute atomic E-state index is 12.9. The molecule has 0 atom stereocenters. The lowest BCUT2D eigenvalue weighted by atomic mass is 9.88. The summed E-state index contributed by atoms with van der Waals surface area (Å²) in [5.41, 5.74) is 3.38. The first kappa shape index (κ1) is 15.1. The number of carbonyl (C=O) groups excluding carboxylic acids is 1. The number of furan rings is 1. The molecular formula is C19H18FNO3. The van der Waals surface area contributed by atoms with Gasteiger partial charge in [0.05, 0.1) is 11.3 Å². The fraction of sp³-hybridized carbons (Fsp3) is 0.368. The first-order valence-electron chi connectivity index (χ1n) is 8.40. The Bertz CT molecular complexity index is 805. The van der Waals surface area contributed by atoms with E-state index in [2.05, 4.69) is 5.16 Å². The Hall–Kier alpha value is -2.43. The van der Waals surface area contributed by atoms with Crippen LogP contribution in [0.4, 0.5) is 4.39 Å². The third-order valence-corrected chi connectivity index (χ3v) is 4.67. The molecule has 2 aliphatic carbocycles. The quantitative estimate of drug-likeness (QED) is 0.614. The summed E-state index contributed by atoms with van der Waals surface area (Å²) in [6, 6.07) is 5.25. The maximum Gasteiger partial charge on any atom is 0.365 e. The number of hydrogen-bond acceptors (Lipinski definition) is 4. The molecule has 0 unspecified atom stereocenters. The Morgan fingerprint density at radius 3 is 2.58 bits per heavy atom. The average Bonchev–Trinajstić information content (AvgIpc) is 2.99. The van der Waals surface area contributed by atoms with Gasteiger partial charge in [-0.15, -0.1) is 0 Å². The highest BCUT2D eigenvalue weighted by atomic mass is 19.1. The van der Waals surface area contributed by atoms with Crippen LogP contribution in [0.1, 0.15) is 58.7 Å². The summed E-state index contributed by atoms with van der Waals surface area (Å²) in [5, 5.41) is 4.12. The fourth-order valence-electron chi connectivity index (χ4n) is 3.50. The summed E-state index contributed by atoms with van der Waals surface area (Å²) in [6.07, 6.45) is 6.91. The summed E-state index contributed by atoms with van der Waals surface area (Å²) in [5.74, 6) is 1.09. The molecule has 0 fully saturated rings. The van der Waals surface area contributed by atoms with Gasteiger partial charge in [0, 0.05) is 24.0 Å². The Kier molecular flexibility index (Phi) is 3.92. The van der Waals surface area contributed by atoms with E-state index in [-0.39, 0.29) is 11.4 Å². The van der Waals surface area contributed by atoms with Gasteiger partial charge in [-0.25, -0.2) is 9.18 Å². The molecule has 4 nitrogen and oxygen atoms in total. The molecule has 0 aliphatic heterocycles. The number of carbonyl (C=O) groups is 1. The van der Waals surface area contributed by atoms with Gasteiger partial charge in [-0.05, 0) is 56.4 Å². The third kappa shape index (κ3) is 2.75. The van der Waals surface area contributed by atoms with Crippen molar-refractivity contribution in [1.82, 2.24) is 0 Å². The molecule has 0 amide bonds. The number of oxime groups is 1. The summed E-state index contributed by atoms with van der Waals surface area (Å²) in [7, 11) is 0. The van der Waals surface area contributed by atoms with Crippen LogP contribution >= 0.6 is 0 Å². The van der Waals surface area contributed by atoms with Crippen molar-refractivity contribution in [3.63, 3.8) is 0 Å². The lowest BCUT2D eigenvalue weighted by Gasteiger charge is -2.15. The zero-order valence-electron chi connectivity index (χ0n) is 13.3. The molecule has 1 heterocycles. The van der Waals surface area contributed by atoms with Crippen LogP contribution in [-0.4, -0.2) is 11.7 Å². The van der Waals surface area contributed by atoms with Crippen LogP contribution in [0.5, 0.6) is 0 Å². The van der Waals surface area contributed by atoms with Crippen LogP contribution in [0.3, 0.4) is 0 Å². The van der Waals surface area contributed by atoms with Gasteiger partial charge in [0.15, 0.2) is 0 Å². The second kappa shape index (κ2) is 6.23. The molecule has 0 spiro atoms. The van der Waals surface area contributed by atoms with Crippen LogP contribution in [0.15, 0.2) is 33.8 Å². The second-order valence-corrected chi connectivity index (χ2v) is 6.29. The molecule has 0 saturated carbocycles. The molecule has 0 radical (unpaired) electrons. The SMILES string of the molecule is O=C(O/N=C1/CCCc2oc3c(c21)CCCC3)c1ccc(F)cc1. The Balaban J connectivity index is 1.59. The normalized spacial score (nSPS) is 18.1. The van der Waals surface area contributed by atoms with Gasteiger partial charge < -0.3 is 9.25 Å². The van der Waals surface area contributed by atoms with E-state index in [1.54, 1.807) is 0 Å². The van der Waals surface area contributed by atoms with Crippen molar-refractivity contribution in [3.05, 3.63) is 58.3 Å². The van der Waals surface area contributed by atoms with Crippen molar-refractivity contribution in [2.24, 2.45) is 5.16 Å². The molecule has 0 bridgehead atoms. The number of benzene rings is 1. The lowest BCUT2D eigenvalue weighted by Crippen LogP contribution is -2.14. The van der Waals surface area contributed by atoms with E-state index in [4.69, 9.17) is 9.25 Å². The maximum atomic E-state index is 12.9. The summed E-state index contributed by atoms with van der Waals surface area (Å²) in [6.45, 7) is 0. The predicted molar refractivity (Wildman–Crippen MR) is 86.6 cm³/mol. The molecule has 1 aromatic carbocycles. The highest BCUT2D eigenvalue weighted by Crippen LogP contribution is 2.34. The molecule has 4 rings (SSSR count). The molecule has 2 aliphatic rings. The first-order valence-corrected chi connectivity index (χ1v) is 8.40. The monoisotopic (exact) mass is 327 g/mol. The van der Waals surface area contributed by atoms with Gasteiger partial charge in [-0.1, -0.05) is 5.16 Å². The van der Waals surface area contributed by atoms with Gasteiger partial charge in [-0.3, -0.25) is 0 Å². The van der Waals surface area contributed by atoms with Gasteiger partial charge in [-0.2, -0.15) is 0 Å². The van der Waals surface area contributed by atoms with Crippen LogP contribution < -0.4 is 0 Å². The zero-order chi connectivity index (χ0) is 16.5. The number of aryl methyl sites for hydroxylation is 2. The Labute approximate surface area is 139 Å². The van der Waals surface area contributed by atoms with E-state index in [1.165, 1.54) is 29.8 Å². The van der Waals surface area contributed by atoms with Gasteiger partial charge in [0.1, 0.15) is 17.3 Å². The first-order chi connectivity index (χ1) is 11.7. The fourth-order valence-corrected chi connectivity index (χ4v) is 3.50. The number of nitrogens with zero attached hydrogens (tertiary/aromatic N) is 1. The van der Waals surface area contributed by atoms with Crippen LogP contribution in [0.25, 0.3) is 0 Å². The van der Waals surface area contributed by atoms with E-state index in [9.17, 15) is 9.18 Å². The summed E-state index contributed by atoms with van der Waals surface area (Å²) >= 11 is 0. The number of rotatable bonds is 2. The second-order valence-electron chi connectivity index (χ2n) is 6.29. The molecular weight excluding hydrogens is 309 g/mol. The number of fused-ring (bicyclic) bond motifs is 3. The molecule has 2 aromatic rings. The molecule has 24 heavy (non-hydrogen) atoms. The van der Waals surface area contributed by atoms with Crippen molar-refractivity contribution >= 4 is 11.7 Å². The molecule has 124 valence electrons. The minimum Gasteiger partial charge on any atom is -0.465 e. The zero-order valence-corrected chi connectivity index (χ0v) is 13.3. The molecule has 1 aromatic heterocycles. The van der Waals surface area contributed by atoms with Crippen molar-refractivity contribution in [1.29, 1.82) is 0 Å². The summed E-state index contributed by atoms with van der Waals surface area (Å²) < 4.78 is 18.9. The van der Waals surface area contributed by atoms with Crippen LogP contribution in [0, 0.1) is 5.82 Å². The Morgan fingerprint density at radius 1 is 1.00 bits per heavy atom. The van der Waals surface area contributed by atoms with Gasteiger partial charge in [0.2, 0.25) is 0 Å². The van der Waals surface area contributed by atoms with E-state index < -0.39 is 5.97 Å². The largest absolute Gasteiger partial charge is 0.465 e. The lowest BCUT2D eigenvalue weighted by molar-refractivity contribution is 0.0515. The van der Waals surface area contributed by atoms with Crippen molar-refractivity contribution in [3.8, 4) is 0 Å². The van der Waals surface area contributed by atoms with Crippen LogP contribution in [-0.2, 0) is 24.1 Å². The molecule has 0 N–H and O–H groups in total. The highest BCUT2D eigenvalue weighted by molar-refractivity contribution is 6.04. The van der Waals surface area contributed by atoms with Crippen molar-refractivity contribution in [2.45, 2.75) is 44.9 Å². The predicted octanol–water partition coefficient (Wildman–Crippen LogP) is 4.19. The Morgan fingerprint density at radius 2 is 1.75 bits per heavy atom. The molecule has 0 saturated heterocycles. The van der Waals surface area contributed by atoms with Crippen molar-refractivity contribution in [2.75, 3.05) is 0 Å².